The monoisotopic (exact) mass is 422 g/mol. The maximum Gasteiger partial charge on any atom is 0.471 e. The van der Waals surface area contributed by atoms with Crippen molar-refractivity contribution in [3.8, 4) is 17.3 Å². The summed E-state index contributed by atoms with van der Waals surface area (Å²) in [5.41, 5.74) is 0.224. The van der Waals surface area contributed by atoms with Crippen LogP contribution in [-0.2, 0) is 20.9 Å². The summed E-state index contributed by atoms with van der Waals surface area (Å²) in [7, 11) is -1.98. The molecule has 3 rings (SSSR count). The maximum absolute atomic E-state index is 12.5. The van der Waals surface area contributed by atoms with Gasteiger partial charge in [-0.25, -0.2) is 13.4 Å². The lowest BCUT2D eigenvalue weighted by Crippen LogP contribution is -2.34. The van der Waals surface area contributed by atoms with Crippen molar-refractivity contribution in [1.82, 2.24) is 19.4 Å². The van der Waals surface area contributed by atoms with Gasteiger partial charge in [0, 0.05) is 31.5 Å². The molecule has 1 unspecified atom stereocenters. The van der Waals surface area contributed by atoms with Crippen LogP contribution < -0.4 is 4.74 Å². The van der Waals surface area contributed by atoms with E-state index in [9.17, 15) is 21.6 Å². The predicted molar refractivity (Wildman–Crippen MR) is 88.8 cm³/mol. The van der Waals surface area contributed by atoms with Gasteiger partial charge in [-0.05, 0) is 12.5 Å². The van der Waals surface area contributed by atoms with Crippen LogP contribution in [0.2, 0.25) is 0 Å². The quantitative estimate of drug-likeness (QED) is 0.662. The van der Waals surface area contributed by atoms with Crippen LogP contribution in [0, 0.1) is 0 Å². The molecule has 0 aromatic carbocycles. The summed E-state index contributed by atoms with van der Waals surface area (Å²) < 4.78 is 77.8. The number of aromatic nitrogens is 3. The average molecular weight is 422 g/mol. The lowest BCUT2D eigenvalue weighted by molar-refractivity contribution is -0.159. The highest BCUT2D eigenvalue weighted by Gasteiger charge is 2.38. The molecule has 0 saturated carbocycles. The van der Waals surface area contributed by atoms with Crippen molar-refractivity contribution >= 4 is 10.0 Å². The third kappa shape index (κ3) is 4.77. The van der Waals surface area contributed by atoms with E-state index in [0.29, 0.717) is 13.0 Å². The lowest BCUT2D eigenvalue weighted by Gasteiger charge is -2.16. The zero-order chi connectivity index (χ0) is 20.4. The number of hydrogen-bond donors (Lipinski definition) is 0. The Balaban J connectivity index is 1.60. The van der Waals surface area contributed by atoms with E-state index in [1.807, 2.05) is 0 Å². The molecule has 2 aromatic rings. The zero-order valence-electron chi connectivity index (χ0n) is 14.7. The minimum atomic E-state index is -4.72. The Hall–Kier alpha value is -2.25. The third-order valence-electron chi connectivity index (χ3n) is 4.00. The van der Waals surface area contributed by atoms with Crippen molar-refractivity contribution in [3.05, 3.63) is 24.2 Å². The van der Waals surface area contributed by atoms with E-state index in [1.54, 1.807) is 0 Å². The lowest BCUT2D eigenvalue weighted by atomic mass is 10.2. The van der Waals surface area contributed by atoms with Gasteiger partial charge in [-0.3, -0.25) is 0 Å². The van der Waals surface area contributed by atoms with Gasteiger partial charge in [-0.1, -0.05) is 5.16 Å². The van der Waals surface area contributed by atoms with Gasteiger partial charge in [0.2, 0.25) is 21.7 Å². The summed E-state index contributed by atoms with van der Waals surface area (Å²) in [5.74, 6) is -1.58. The van der Waals surface area contributed by atoms with Gasteiger partial charge in [0.25, 0.3) is 0 Å². The largest absolute Gasteiger partial charge is 0.473 e. The number of alkyl halides is 3. The normalized spacial score (nSPS) is 18.5. The standard InChI is InChI=1S/C15H17F3N4O5S/c1-25-6-7-28(23,24)22-5-4-11(9-22)26-12-3-2-10(8-19-12)13-20-14(27-21-13)15(16,17)18/h2-3,8,11H,4-7,9H2,1H3. The molecule has 154 valence electrons. The molecule has 1 atom stereocenters. The number of sulfonamides is 1. The minimum Gasteiger partial charge on any atom is -0.473 e. The van der Waals surface area contributed by atoms with Gasteiger partial charge in [-0.15, -0.1) is 0 Å². The molecule has 0 N–H and O–H groups in total. The molecule has 0 spiro atoms. The number of hydrogen-bond acceptors (Lipinski definition) is 8. The maximum atomic E-state index is 12.5. The van der Waals surface area contributed by atoms with Crippen LogP contribution in [0.3, 0.4) is 0 Å². The van der Waals surface area contributed by atoms with Crippen LogP contribution in [-0.4, -0.2) is 66.5 Å². The molecule has 2 aromatic heterocycles. The molecule has 1 aliphatic heterocycles. The van der Waals surface area contributed by atoms with Gasteiger partial charge >= 0.3 is 12.1 Å². The van der Waals surface area contributed by atoms with Crippen LogP contribution in [0.5, 0.6) is 5.88 Å². The first-order chi connectivity index (χ1) is 13.2. The molecular formula is C15H17F3N4O5S. The van der Waals surface area contributed by atoms with Gasteiger partial charge < -0.3 is 14.0 Å². The molecule has 0 bridgehead atoms. The van der Waals surface area contributed by atoms with Crippen molar-refractivity contribution in [3.63, 3.8) is 0 Å². The molecule has 9 nitrogen and oxygen atoms in total. The van der Waals surface area contributed by atoms with Crippen LogP contribution in [0.1, 0.15) is 12.3 Å². The first-order valence-electron chi connectivity index (χ1n) is 8.20. The van der Waals surface area contributed by atoms with Crippen LogP contribution in [0.25, 0.3) is 11.4 Å². The second kappa shape index (κ2) is 8.01. The minimum absolute atomic E-state index is 0.103. The Bertz CT molecular complexity index is 901. The summed E-state index contributed by atoms with van der Waals surface area (Å²) in [6, 6.07) is 2.89. The van der Waals surface area contributed by atoms with Gasteiger partial charge in [-0.2, -0.15) is 22.5 Å². The van der Waals surface area contributed by atoms with Crippen LogP contribution in [0.15, 0.2) is 22.9 Å². The summed E-state index contributed by atoms with van der Waals surface area (Å²) in [6.45, 7) is 0.632. The molecule has 1 saturated heterocycles. The van der Waals surface area contributed by atoms with Crippen molar-refractivity contribution in [2.24, 2.45) is 0 Å². The molecule has 0 radical (unpaired) electrons. The molecule has 0 aliphatic carbocycles. The highest BCUT2D eigenvalue weighted by molar-refractivity contribution is 7.89. The Morgan fingerprint density at radius 2 is 2.14 bits per heavy atom. The number of rotatable bonds is 7. The first-order valence-corrected chi connectivity index (χ1v) is 9.81. The highest BCUT2D eigenvalue weighted by Crippen LogP contribution is 2.29. The molecule has 1 fully saturated rings. The molecule has 3 heterocycles. The third-order valence-corrected chi connectivity index (χ3v) is 5.80. The fourth-order valence-electron chi connectivity index (χ4n) is 2.57. The summed E-state index contributed by atoms with van der Waals surface area (Å²) in [4.78, 5) is 7.29. The second-order valence-electron chi connectivity index (χ2n) is 6.00. The van der Waals surface area contributed by atoms with Crippen molar-refractivity contribution < 1.29 is 35.6 Å². The van der Waals surface area contributed by atoms with E-state index in [1.165, 1.54) is 29.7 Å². The fraction of sp³-hybridized carbons (Fsp3) is 0.533. The zero-order valence-corrected chi connectivity index (χ0v) is 15.5. The van der Waals surface area contributed by atoms with E-state index in [4.69, 9.17) is 9.47 Å². The SMILES string of the molecule is COCCS(=O)(=O)N1CCC(Oc2ccc(-c3noc(C(F)(F)F)n3)cn2)C1. The molecule has 1 aliphatic rings. The Morgan fingerprint density at radius 3 is 2.75 bits per heavy atom. The summed E-state index contributed by atoms with van der Waals surface area (Å²) in [5, 5.41) is 3.28. The summed E-state index contributed by atoms with van der Waals surface area (Å²) >= 11 is 0. The van der Waals surface area contributed by atoms with Gasteiger partial charge in [0.15, 0.2) is 0 Å². The number of ether oxygens (including phenoxy) is 2. The second-order valence-corrected chi connectivity index (χ2v) is 8.09. The van der Waals surface area contributed by atoms with Crippen LogP contribution >= 0.6 is 0 Å². The van der Waals surface area contributed by atoms with E-state index in [0.717, 1.165) is 0 Å². The highest BCUT2D eigenvalue weighted by atomic mass is 32.2. The van der Waals surface area contributed by atoms with E-state index in [2.05, 4.69) is 19.6 Å². The number of halogens is 3. The number of pyridine rings is 1. The van der Waals surface area contributed by atoms with Gasteiger partial charge in [0.05, 0.1) is 18.9 Å². The smallest absolute Gasteiger partial charge is 0.471 e. The molecular weight excluding hydrogens is 405 g/mol. The number of methoxy groups -OCH3 is 1. The molecule has 0 amide bonds. The van der Waals surface area contributed by atoms with Crippen molar-refractivity contribution in [1.29, 1.82) is 0 Å². The molecule has 28 heavy (non-hydrogen) atoms. The fourth-order valence-corrected chi connectivity index (χ4v) is 3.99. The van der Waals surface area contributed by atoms with Gasteiger partial charge in [0.1, 0.15) is 6.10 Å². The Morgan fingerprint density at radius 1 is 1.36 bits per heavy atom. The van der Waals surface area contributed by atoms with Crippen molar-refractivity contribution in [2.75, 3.05) is 32.6 Å². The van der Waals surface area contributed by atoms with Crippen LogP contribution in [0.4, 0.5) is 13.2 Å². The number of nitrogens with zero attached hydrogens (tertiary/aromatic N) is 4. The van der Waals surface area contributed by atoms with E-state index >= 15 is 0 Å². The van der Waals surface area contributed by atoms with E-state index in [-0.39, 0.29) is 42.3 Å². The van der Waals surface area contributed by atoms with E-state index < -0.39 is 22.1 Å². The molecule has 13 heteroatoms. The Kier molecular flexibility index (Phi) is 5.86. The topological polar surface area (TPSA) is 108 Å². The summed E-state index contributed by atoms with van der Waals surface area (Å²) in [6.07, 6.45) is -3.35. The predicted octanol–water partition coefficient (Wildman–Crippen LogP) is 1.58. The van der Waals surface area contributed by atoms with Crippen molar-refractivity contribution in [2.45, 2.75) is 18.7 Å². The first kappa shape index (κ1) is 20.5. The average Bonchev–Trinajstić information content (AvgIpc) is 3.30. The Labute approximate surface area is 158 Å².